The standard InChI is InChI=1S/C30H39ClN6O3/c1-36(22-5-7-24(38)8-6-22)23-14-16-37(17-15-23)29-13-12-28(34-35-29)30(39)33-21-3-10-25(11-4-21)40-26-9-2-20(19-32)27(31)18-26/h2,9,12-13,18,21-25,38H,3-8,10-11,14-17H2,1H3,(H,33,39). The van der Waals surface area contributed by atoms with Crippen LogP contribution in [-0.4, -0.2) is 76.6 Å². The molecule has 1 aromatic heterocycles. The molecule has 0 radical (unpaired) electrons. The summed E-state index contributed by atoms with van der Waals surface area (Å²) in [5.74, 6) is 1.28. The smallest absolute Gasteiger partial charge is 0.272 e. The van der Waals surface area contributed by atoms with Gasteiger partial charge in [-0.25, -0.2) is 0 Å². The molecule has 10 heteroatoms. The number of aliphatic hydroxyl groups is 1. The van der Waals surface area contributed by atoms with Crippen LogP contribution in [0, 0.1) is 11.3 Å². The number of benzene rings is 1. The first-order valence-electron chi connectivity index (χ1n) is 14.6. The Morgan fingerprint density at radius 1 is 1.02 bits per heavy atom. The summed E-state index contributed by atoms with van der Waals surface area (Å²) in [5.41, 5.74) is 0.769. The molecule has 1 aromatic carbocycles. The number of aromatic nitrogens is 2. The number of nitrogens with zero attached hydrogens (tertiary/aromatic N) is 5. The highest BCUT2D eigenvalue weighted by Crippen LogP contribution is 2.29. The molecule has 5 rings (SSSR count). The van der Waals surface area contributed by atoms with Gasteiger partial charge in [-0.2, -0.15) is 5.26 Å². The number of nitrogens with one attached hydrogen (secondary N) is 1. The van der Waals surface area contributed by atoms with Gasteiger partial charge in [0.15, 0.2) is 11.5 Å². The number of carbonyl (C=O) groups excluding carboxylic acids is 1. The van der Waals surface area contributed by atoms with E-state index in [9.17, 15) is 9.90 Å². The Kier molecular flexibility index (Phi) is 9.40. The van der Waals surface area contributed by atoms with E-state index in [-0.39, 0.29) is 24.2 Å². The molecule has 9 nitrogen and oxygen atoms in total. The van der Waals surface area contributed by atoms with Crippen LogP contribution in [0.2, 0.25) is 5.02 Å². The number of ether oxygens (including phenoxy) is 1. The first-order chi connectivity index (χ1) is 19.4. The average molecular weight is 567 g/mol. The fourth-order valence-corrected chi connectivity index (χ4v) is 6.53. The zero-order valence-electron chi connectivity index (χ0n) is 23.1. The zero-order valence-corrected chi connectivity index (χ0v) is 23.9. The number of amides is 1. The molecule has 1 aliphatic heterocycles. The topological polar surface area (TPSA) is 115 Å². The first-order valence-corrected chi connectivity index (χ1v) is 14.9. The fraction of sp³-hybridized carbons (Fsp3) is 0.600. The van der Waals surface area contributed by atoms with Gasteiger partial charge in [-0.05, 0) is 95.5 Å². The SMILES string of the molecule is CN(C1CCC(O)CC1)C1CCN(c2ccc(C(=O)NC3CCC(Oc4ccc(C#N)c(Cl)c4)CC3)nn2)CC1. The third-order valence-corrected chi connectivity index (χ3v) is 9.18. The van der Waals surface area contributed by atoms with Crippen LogP contribution in [0.5, 0.6) is 5.75 Å². The van der Waals surface area contributed by atoms with Crippen molar-refractivity contribution in [1.29, 1.82) is 5.26 Å². The quantitative estimate of drug-likeness (QED) is 0.509. The Hall–Kier alpha value is -2.93. The van der Waals surface area contributed by atoms with E-state index in [0.717, 1.165) is 83.1 Å². The number of aliphatic hydroxyl groups excluding tert-OH is 1. The molecule has 0 bridgehead atoms. The van der Waals surface area contributed by atoms with Gasteiger partial charge < -0.3 is 25.0 Å². The Morgan fingerprint density at radius 2 is 1.73 bits per heavy atom. The van der Waals surface area contributed by atoms with Crippen LogP contribution in [0.25, 0.3) is 0 Å². The molecule has 1 amide bonds. The van der Waals surface area contributed by atoms with Gasteiger partial charge in [0.25, 0.3) is 5.91 Å². The molecule has 0 spiro atoms. The lowest BCUT2D eigenvalue weighted by Crippen LogP contribution is -2.48. The molecule has 214 valence electrons. The van der Waals surface area contributed by atoms with E-state index < -0.39 is 0 Å². The van der Waals surface area contributed by atoms with Crippen molar-refractivity contribution < 1.29 is 14.6 Å². The molecule has 1 saturated heterocycles. The van der Waals surface area contributed by atoms with Crippen molar-refractivity contribution in [2.24, 2.45) is 0 Å². The van der Waals surface area contributed by atoms with Crippen molar-refractivity contribution in [2.75, 3.05) is 25.0 Å². The lowest BCUT2D eigenvalue weighted by atomic mass is 9.90. The number of hydrogen-bond donors (Lipinski definition) is 2. The maximum atomic E-state index is 12.8. The van der Waals surface area contributed by atoms with Crippen LogP contribution in [0.15, 0.2) is 30.3 Å². The van der Waals surface area contributed by atoms with E-state index in [0.29, 0.717) is 34.1 Å². The van der Waals surface area contributed by atoms with Crippen LogP contribution in [0.3, 0.4) is 0 Å². The van der Waals surface area contributed by atoms with E-state index >= 15 is 0 Å². The lowest BCUT2D eigenvalue weighted by molar-refractivity contribution is 0.0608. The Balaban J connectivity index is 1.05. The Morgan fingerprint density at radius 3 is 2.35 bits per heavy atom. The number of rotatable bonds is 7. The second-order valence-electron chi connectivity index (χ2n) is 11.4. The third-order valence-electron chi connectivity index (χ3n) is 8.86. The maximum Gasteiger partial charge on any atom is 0.272 e. The fourth-order valence-electron chi connectivity index (χ4n) is 6.32. The molecule has 2 saturated carbocycles. The number of hydrogen-bond acceptors (Lipinski definition) is 8. The monoisotopic (exact) mass is 566 g/mol. The van der Waals surface area contributed by atoms with Crippen molar-refractivity contribution in [2.45, 2.75) is 94.5 Å². The van der Waals surface area contributed by atoms with Crippen LogP contribution >= 0.6 is 11.6 Å². The molecular formula is C30H39ClN6O3. The largest absolute Gasteiger partial charge is 0.490 e. The average Bonchev–Trinajstić information content (AvgIpc) is 2.98. The van der Waals surface area contributed by atoms with Crippen LogP contribution in [0.1, 0.15) is 80.3 Å². The zero-order chi connectivity index (χ0) is 28.1. The van der Waals surface area contributed by atoms with Gasteiger partial charge in [-0.3, -0.25) is 4.79 Å². The molecule has 2 aromatic rings. The summed E-state index contributed by atoms with van der Waals surface area (Å²) in [7, 11) is 2.24. The van der Waals surface area contributed by atoms with Gasteiger partial charge >= 0.3 is 0 Å². The van der Waals surface area contributed by atoms with E-state index in [1.54, 1.807) is 24.3 Å². The van der Waals surface area contributed by atoms with Crippen molar-refractivity contribution in [1.82, 2.24) is 20.4 Å². The highest BCUT2D eigenvalue weighted by atomic mass is 35.5. The van der Waals surface area contributed by atoms with Gasteiger partial charge in [0.1, 0.15) is 11.8 Å². The second-order valence-corrected chi connectivity index (χ2v) is 11.8. The highest BCUT2D eigenvalue weighted by Gasteiger charge is 2.30. The molecule has 40 heavy (non-hydrogen) atoms. The summed E-state index contributed by atoms with van der Waals surface area (Å²) in [5, 5.41) is 31.0. The molecule has 2 N–H and O–H groups in total. The minimum Gasteiger partial charge on any atom is -0.490 e. The first kappa shape index (κ1) is 28.6. The van der Waals surface area contributed by atoms with Crippen molar-refractivity contribution >= 4 is 23.3 Å². The Labute approximate surface area is 241 Å². The van der Waals surface area contributed by atoms with Crippen molar-refractivity contribution in [3.05, 3.63) is 46.6 Å². The van der Waals surface area contributed by atoms with Crippen LogP contribution in [-0.2, 0) is 0 Å². The van der Waals surface area contributed by atoms with Gasteiger partial charge in [0.2, 0.25) is 0 Å². The van der Waals surface area contributed by atoms with Crippen LogP contribution < -0.4 is 15.0 Å². The van der Waals surface area contributed by atoms with Gasteiger partial charge in [-0.15, -0.1) is 10.2 Å². The molecule has 2 aliphatic carbocycles. The maximum absolute atomic E-state index is 12.8. The number of piperidine rings is 1. The molecule has 0 atom stereocenters. The molecule has 2 heterocycles. The van der Waals surface area contributed by atoms with Gasteiger partial charge in [0, 0.05) is 37.3 Å². The highest BCUT2D eigenvalue weighted by molar-refractivity contribution is 6.31. The van der Waals surface area contributed by atoms with E-state index in [2.05, 4.69) is 38.4 Å². The van der Waals surface area contributed by atoms with E-state index in [4.69, 9.17) is 21.6 Å². The molecule has 0 unspecified atom stereocenters. The number of nitriles is 1. The predicted molar refractivity (Wildman–Crippen MR) is 154 cm³/mol. The summed E-state index contributed by atoms with van der Waals surface area (Å²) in [6.07, 6.45) is 9.33. The minimum absolute atomic E-state index is 0.0516. The normalized spacial score (nSPS) is 25.8. The van der Waals surface area contributed by atoms with Gasteiger partial charge in [0.05, 0.1) is 22.8 Å². The lowest BCUT2D eigenvalue weighted by Gasteiger charge is -2.42. The number of anilines is 1. The summed E-state index contributed by atoms with van der Waals surface area (Å²) in [6, 6.07) is 12.0. The second kappa shape index (κ2) is 13.2. The summed E-state index contributed by atoms with van der Waals surface area (Å²) in [4.78, 5) is 17.6. The summed E-state index contributed by atoms with van der Waals surface area (Å²) < 4.78 is 6.05. The predicted octanol–water partition coefficient (Wildman–Crippen LogP) is 4.33. The summed E-state index contributed by atoms with van der Waals surface area (Å²) >= 11 is 6.12. The minimum atomic E-state index is -0.194. The van der Waals surface area contributed by atoms with Crippen molar-refractivity contribution in [3.8, 4) is 11.8 Å². The molecule has 3 aliphatic rings. The van der Waals surface area contributed by atoms with Gasteiger partial charge in [-0.1, -0.05) is 11.6 Å². The van der Waals surface area contributed by atoms with E-state index in [1.807, 2.05) is 6.07 Å². The van der Waals surface area contributed by atoms with E-state index in [1.165, 1.54) is 0 Å². The summed E-state index contributed by atoms with van der Waals surface area (Å²) in [6.45, 7) is 1.84. The number of halogens is 1. The van der Waals surface area contributed by atoms with Crippen molar-refractivity contribution in [3.63, 3.8) is 0 Å². The van der Waals surface area contributed by atoms with Crippen LogP contribution in [0.4, 0.5) is 5.82 Å². The number of carbonyl (C=O) groups is 1. The molecular weight excluding hydrogens is 528 g/mol. The third kappa shape index (κ3) is 7.03. The Bertz CT molecular complexity index is 1180. The molecule has 3 fully saturated rings.